The van der Waals surface area contributed by atoms with Gasteiger partial charge in [0, 0.05) is 48.2 Å². The number of nitrogens with zero attached hydrogens (tertiary/aromatic N) is 4. The highest BCUT2D eigenvalue weighted by Crippen LogP contribution is 2.31. The zero-order chi connectivity index (χ0) is 23.0. The first-order chi connectivity index (χ1) is 16.1. The van der Waals surface area contributed by atoms with E-state index in [2.05, 4.69) is 15.0 Å². The maximum atomic E-state index is 12.7. The number of thiazole rings is 1. The third kappa shape index (κ3) is 6.17. The van der Waals surface area contributed by atoms with Crippen molar-refractivity contribution in [2.24, 2.45) is 5.10 Å². The van der Waals surface area contributed by atoms with Gasteiger partial charge in [0.2, 0.25) is 5.13 Å². The fraction of sp³-hybridized carbons (Fsp3) is 0.292. The molecule has 1 aliphatic heterocycles. The maximum absolute atomic E-state index is 12.7. The smallest absolute Gasteiger partial charge is 0.338 e. The summed E-state index contributed by atoms with van der Waals surface area (Å²) in [6.07, 6.45) is 1.65. The van der Waals surface area contributed by atoms with E-state index in [1.165, 1.54) is 11.3 Å². The Morgan fingerprint density at radius 3 is 2.82 bits per heavy atom. The van der Waals surface area contributed by atoms with Gasteiger partial charge in [0.15, 0.2) is 0 Å². The molecule has 0 bridgehead atoms. The second kappa shape index (κ2) is 11.4. The quantitative estimate of drug-likeness (QED) is 0.268. The molecule has 4 rings (SSSR count). The molecule has 172 valence electrons. The third-order valence-electron chi connectivity index (χ3n) is 5.21. The van der Waals surface area contributed by atoms with Crippen LogP contribution in [0.25, 0.3) is 11.3 Å². The van der Waals surface area contributed by atoms with Crippen molar-refractivity contribution in [3.05, 3.63) is 70.1 Å². The van der Waals surface area contributed by atoms with E-state index >= 15 is 0 Å². The van der Waals surface area contributed by atoms with Gasteiger partial charge in [0.05, 0.1) is 30.7 Å². The van der Waals surface area contributed by atoms with E-state index in [-0.39, 0.29) is 5.97 Å². The summed E-state index contributed by atoms with van der Waals surface area (Å²) in [6.45, 7) is 4.21. The number of hydrogen-bond acceptors (Lipinski definition) is 8. The van der Waals surface area contributed by atoms with E-state index in [0.717, 1.165) is 37.6 Å². The number of halogens is 1. The summed E-state index contributed by atoms with van der Waals surface area (Å²) < 4.78 is 10.8. The molecule has 0 unspecified atom stereocenters. The highest BCUT2D eigenvalue weighted by Gasteiger charge is 2.15. The van der Waals surface area contributed by atoms with E-state index in [4.69, 9.17) is 21.1 Å². The first-order valence-corrected chi connectivity index (χ1v) is 11.9. The third-order valence-corrected chi connectivity index (χ3v) is 6.45. The lowest BCUT2D eigenvalue weighted by molar-refractivity contribution is 0.0195. The zero-order valence-electron chi connectivity index (χ0n) is 18.3. The van der Waals surface area contributed by atoms with Crippen LogP contribution in [0.3, 0.4) is 0 Å². The van der Waals surface area contributed by atoms with Crippen LogP contribution in [0.1, 0.15) is 15.9 Å². The molecule has 0 spiro atoms. The van der Waals surface area contributed by atoms with Crippen molar-refractivity contribution in [1.29, 1.82) is 0 Å². The van der Waals surface area contributed by atoms with Crippen LogP contribution in [0.15, 0.2) is 59.0 Å². The van der Waals surface area contributed by atoms with Gasteiger partial charge in [-0.25, -0.2) is 14.8 Å². The fourth-order valence-electron chi connectivity index (χ4n) is 3.37. The van der Waals surface area contributed by atoms with E-state index < -0.39 is 0 Å². The molecule has 1 saturated heterocycles. The predicted molar refractivity (Wildman–Crippen MR) is 133 cm³/mol. The van der Waals surface area contributed by atoms with Crippen molar-refractivity contribution in [3.63, 3.8) is 0 Å². The molecule has 1 fully saturated rings. The molecule has 3 aromatic rings. The van der Waals surface area contributed by atoms with Crippen LogP contribution in [-0.4, -0.2) is 68.6 Å². The highest BCUT2D eigenvalue weighted by atomic mass is 35.5. The van der Waals surface area contributed by atoms with E-state index in [0.29, 0.717) is 34.4 Å². The van der Waals surface area contributed by atoms with Gasteiger partial charge in [0.25, 0.3) is 0 Å². The first-order valence-electron chi connectivity index (χ1n) is 10.7. The normalized spacial score (nSPS) is 14.5. The van der Waals surface area contributed by atoms with E-state index in [1.807, 2.05) is 54.9 Å². The van der Waals surface area contributed by atoms with Gasteiger partial charge in [-0.3, -0.25) is 4.90 Å². The van der Waals surface area contributed by atoms with Crippen molar-refractivity contribution in [2.45, 2.75) is 0 Å². The Balaban J connectivity index is 1.39. The number of benzene rings is 2. The minimum absolute atomic E-state index is 0.341. The molecule has 0 N–H and O–H groups in total. The lowest BCUT2D eigenvalue weighted by Gasteiger charge is -2.26. The number of hydrazone groups is 1. The van der Waals surface area contributed by atoms with E-state index in [9.17, 15) is 4.79 Å². The predicted octanol–water partition coefficient (Wildman–Crippen LogP) is 4.42. The maximum Gasteiger partial charge on any atom is 0.338 e. The topological polar surface area (TPSA) is 67.3 Å². The average Bonchev–Trinajstić information content (AvgIpc) is 3.34. The van der Waals surface area contributed by atoms with Crippen LogP contribution in [0.2, 0.25) is 5.02 Å². The number of esters is 1. The molecule has 1 aromatic heterocycles. The van der Waals surface area contributed by atoms with Gasteiger partial charge in [-0.15, -0.1) is 11.3 Å². The number of carbonyl (C=O) groups excluding carboxylic acids is 1. The van der Waals surface area contributed by atoms with E-state index in [1.54, 1.807) is 17.3 Å². The minimum Gasteiger partial charge on any atom is -0.461 e. The van der Waals surface area contributed by atoms with Gasteiger partial charge in [-0.05, 0) is 12.1 Å². The molecule has 33 heavy (non-hydrogen) atoms. The molecule has 0 radical (unpaired) electrons. The number of rotatable bonds is 8. The zero-order valence-corrected chi connectivity index (χ0v) is 19.9. The molecule has 0 saturated carbocycles. The monoisotopic (exact) mass is 484 g/mol. The van der Waals surface area contributed by atoms with Gasteiger partial charge >= 0.3 is 5.97 Å². The number of anilines is 1. The SMILES string of the molecule is CN(/N=C/c1ccccc1C(=O)OCCN1CCOCC1)c1nc(-c2ccccc2Cl)cs1. The molecular formula is C24H25ClN4O3S. The molecule has 0 amide bonds. The summed E-state index contributed by atoms with van der Waals surface area (Å²) >= 11 is 7.75. The average molecular weight is 485 g/mol. The molecule has 2 heterocycles. The van der Waals surface area contributed by atoms with Gasteiger partial charge in [-0.2, -0.15) is 5.10 Å². The Bertz CT molecular complexity index is 1110. The number of hydrogen-bond donors (Lipinski definition) is 0. The second-order valence-corrected chi connectivity index (χ2v) is 8.68. The Morgan fingerprint density at radius 2 is 2.00 bits per heavy atom. The van der Waals surface area contributed by atoms with Crippen molar-refractivity contribution in [2.75, 3.05) is 51.5 Å². The summed E-state index contributed by atoms with van der Waals surface area (Å²) in [5, 5.41) is 9.47. The molecule has 9 heteroatoms. The molecule has 2 aromatic carbocycles. The van der Waals surface area contributed by atoms with Crippen LogP contribution in [0, 0.1) is 0 Å². The number of aromatic nitrogens is 1. The van der Waals surface area contributed by atoms with Gasteiger partial charge in [0.1, 0.15) is 6.61 Å². The van der Waals surface area contributed by atoms with Crippen molar-refractivity contribution >= 4 is 40.3 Å². The summed E-state index contributed by atoms with van der Waals surface area (Å²) in [5.41, 5.74) is 2.84. The number of morpholine rings is 1. The lowest BCUT2D eigenvalue weighted by Crippen LogP contribution is -2.38. The number of carbonyl (C=O) groups is 1. The van der Waals surface area contributed by atoms with Gasteiger partial charge in [-0.1, -0.05) is 48.0 Å². The molecular weight excluding hydrogens is 460 g/mol. The Labute approximate surface area is 202 Å². The van der Waals surface area contributed by atoms with Crippen LogP contribution in [0.5, 0.6) is 0 Å². The summed E-state index contributed by atoms with van der Waals surface area (Å²) in [4.78, 5) is 19.5. The first kappa shape index (κ1) is 23.4. The van der Waals surface area contributed by atoms with Crippen molar-refractivity contribution < 1.29 is 14.3 Å². The largest absolute Gasteiger partial charge is 0.461 e. The molecule has 0 aliphatic carbocycles. The van der Waals surface area contributed by atoms with Crippen LogP contribution in [-0.2, 0) is 9.47 Å². The summed E-state index contributed by atoms with van der Waals surface area (Å²) in [7, 11) is 1.81. The highest BCUT2D eigenvalue weighted by molar-refractivity contribution is 7.14. The molecule has 1 aliphatic rings. The van der Waals surface area contributed by atoms with Crippen molar-refractivity contribution in [3.8, 4) is 11.3 Å². The van der Waals surface area contributed by atoms with Crippen LogP contribution >= 0.6 is 22.9 Å². The standard InChI is InChI=1S/C24H25ClN4O3S/c1-28(24-27-22(17-33-24)20-8-4-5-9-21(20)25)26-16-18-6-2-3-7-19(18)23(30)32-15-12-29-10-13-31-14-11-29/h2-9,16-17H,10-15H2,1H3/b26-16+. The summed E-state index contributed by atoms with van der Waals surface area (Å²) in [6, 6.07) is 14.9. The second-order valence-electron chi connectivity index (χ2n) is 7.44. The Morgan fingerprint density at radius 1 is 1.24 bits per heavy atom. The minimum atomic E-state index is -0.358. The van der Waals surface area contributed by atoms with Crippen LogP contribution in [0.4, 0.5) is 5.13 Å². The number of ether oxygens (including phenoxy) is 2. The summed E-state index contributed by atoms with van der Waals surface area (Å²) in [5.74, 6) is -0.358. The lowest BCUT2D eigenvalue weighted by atomic mass is 10.1. The van der Waals surface area contributed by atoms with Crippen molar-refractivity contribution in [1.82, 2.24) is 9.88 Å². The molecule has 7 nitrogen and oxygen atoms in total. The Kier molecular flexibility index (Phi) is 8.06. The van der Waals surface area contributed by atoms with Gasteiger partial charge < -0.3 is 9.47 Å². The Hall–Kier alpha value is -2.78. The fourth-order valence-corrected chi connectivity index (χ4v) is 4.35. The molecule has 0 atom stereocenters. The van der Waals surface area contributed by atoms with Crippen LogP contribution < -0.4 is 5.01 Å².